The highest BCUT2D eigenvalue weighted by molar-refractivity contribution is 6.34. The Balaban J connectivity index is 0.000000127. The molecule has 6 aromatic carbocycles. The first-order valence-electron chi connectivity index (χ1n) is 36.2. The zero-order chi connectivity index (χ0) is 77.3. The van der Waals surface area contributed by atoms with Crippen LogP contribution in [0.5, 0.6) is 17.6 Å². The zero-order valence-electron chi connectivity index (χ0n) is 61.6. The monoisotopic (exact) mass is 1550 g/mol. The minimum Gasteiger partial charge on any atom is -0.474 e. The number of rotatable bonds is 18. The highest BCUT2D eigenvalue weighted by Crippen LogP contribution is 2.42. The van der Waals surface area contributed by atoms with Crippen LogP contribution >= 0.6 is 23.2 Å². The topological polar surface area (TPSA) is 382 Å². The minimum atomic E-state index is -0.224. The van der Waals surface area contributed by atoms with E-state index in [1.54, 1.807) is 63.6 Å². The number of carbonyl (C=O) groups is 3. The molecule has 3 fully saturated rings. The summed E-state index contributed by atoms with van der Waals surface area (Å²) in [7, 11) is 4.75. The first-order chi connectivity index (χ1) is 54.4. The van der Waals surface area contributed by atoms with Gasteiger partial charge in [-0.25, -0.2) is 15.0 Å². The van der Waals surface area contributed by atoms with E-state index in [0.717, 1.165) is 103 Å². The van der Waals surface area contributed by atoms with Gasteiger partial charge in [-0.3, -0.25) is 14.4 Å². The average molecular weight is 1550 g/mol. The smallest absolute Gasteiger partial charge is 0.251 e. The van der Waals surface area contributed by atoms with Gasteiger partial charge in [-0.2, -0.15) is 29.9 Å². The number of carbonyl (C=O) groups excluding carboxylic acids is 3. The van der Waals surface area contributed by atoms with Crippen molar-refractivity contribution < 1.29 is 56.1 Å². The fraction of sp³-hybridized carbons (Fsp3) is 0.250. The summed E-state index contributed by atoms with van der Waals surface area (Å²) in [6.45, 7) is 11.0. The molecule has 0 radical (unpaired) electrons. The van der Waals surface area contributed by atoms with Crippen LogP contribution in [0.3, 0.4) is 0 Å². The van der Waals surface area contributed by atoms with Gasteiger partial charge in [-0.15, -0.1) is 0 Å². The molecule has 0 aliphatic carbocycles. The molecule has 30 nitrogen and oxygen atoms in total. The molecule has 9 aromatic heterocycles. The highest BCUT2D eigenvalue weighted by atomic mass is 35.5. The third-order valence-electron chi connectivity index (χ3n) is 19.1. The van der Waals surface area contributed by atoms with E-state index in [-0.39, 0.29) is 36.0 Å². The summed E-state index contributed by atoms with van der Waals surface area (Å²) in [6.07, 6.45) is 8.49. The predicted octanol–water partition coefficient (Wildman–Crippen LogP) is 15.0. The number of amides is 3. The summed E-state index contributed by atoms with van der Waals surface area (Å²) in [5.74, 6) is 3.58. The van der Waals surface area contributed by atoms with E-state index in [0.29, 0.717) is 165 Å². The van der Waals surface area contributed by atoms with Crippen molar-refractivity contribution in [2.24, 2.45) is 0 Å². The van der Waals surface area contributed by atoms with Crippen molar-refractivity contribution >= 4 is 142 Å². The lowest BCUT2D eigenvalue weighted by atomic mass is 10.1. The molecule has 18 rings (SSSR count). The fourth-order valence-electron chi connectivity index (χ4n) is 13.5. The van der Waals surface area contributed by atoms with Crippen molar-refractivity contribution in [3.8, 4) is 51.0 Å². The van der Waals surface area contributed by atoms with Crippen LogP contribution in [0.15, 0.2) is 141 Å². The summed E-state index contributed by atoms with van der Waals surface area (Å²) in [4.78, 5) is 87.1. The summed E-state index contributed by atoms with van der Waals surface area (Å²) in [6, 6.07) is 33.0. The summed E-state index contributed by atoms with van der Waals surface area (Å²) in [5, 5.41) is 20.4. The number of ether oxygens (including phenoxy) is 6. The predicted molar refractivity (Wildman–Crippen MR) is 423 cm³/mol. The third kappa shape index (κ3) is 15.6. The number of oxazole rings is 3. The van der Waals surface area contributed by atoms with Gasteiger partial charge in [0.15, 0.2) is 34.4 Å². The first-order valence-corrected chi connectivity index (χ1v) is 36.9. The van der Waals surface area contributed by atoms with Crippen LogP contribution in [0.25, 0.3) is 99.8 Å². The van der Waals surface area contributed by atoms with E-state index in [1.807, 2.05) is 113 Å². The Bertz CT molecular complexity index is 5850. The molecule has 0 spiro atoms. The van der Waals surface area contributed by atoms with Crippen molar-refractivity contribution in [2.75, 3.05) is 76.7 Å². The lowest BCUT2D eigenvalue weighted by molar-refractivity contribution is 0.0244. The molecule has 3 saturated heterocycles. The lowest BCUT2D eigenvalue weighted by Gasteiger charge is -2.23. The minimum absolute atomic E-state index is 0.0349. The number of aromatic amines is 3. The number of aromatic nitrogens is 12. The van der Waals surface area contributed by atoms with Crippen LogP contribution in [0.2, 0.25) is 10.0 Å². The maximum absolute atomic E-state index is 12.0. The fourth-order valence-corrected chi connectivity index (χ4v) is 13.9. The average Bonchev–Trinajstić information content (AvgIpc) is 1.61. The molecule has 0 bridgehead atoms. The molecule has 12 heterocycles. The number of benzene rings is 6. The second kappa shape index (κ2) is 31.7. The zero-order valence-corrected chi connectivity index (χ0v) is 63.1. The van der Waals surface area contributed by atoms with Crippen molar-refractivity contribution in [3.63, 3.8) is 0 Å². The quantitative estimate of drug-likeness (QED) is 0.0385. The van der Waals surface area contributed by atoms with Gasteiger partial charge < -0.3 is 88.5 Å². The number of nitrogens with one attached hydrogen (secondary N) is 9. The molecular weight excluding hydrogens is 1480 g/mol. The van der Waals surface area contributed by atoms with Crippen molar-refractivity contribution in [1.82, 2.24) is 75.8 Å². The molecule has 3 aliphatic rings. The standard InChI is InChI=1S/C27H25ClN6O4.C27H26N6O4.C26H23ClN6O4/c1-14-31-21-6-3-15(12-22(21)37-14)18-13-30-24-23(18)26(38-17-7-9-36-10-8-17)34-27(33-24)32-20-5-4-16(11-19(20)28)25(35)29-2;1-14-10-17(25(34)28-3)5-6-20(14)31-27-32-24-23(26(33-27)37-18-8-9-35-13-18)19(12-29-24)16-4-7-21-22(11-16)36-15(2)30-21;1-13-30-20-6-3-14(10-21(20)36-13)17-11-29-23-22(17)25(37-16-7-8-35-12-16)33-26(32-23)31-19-5-4-15(9-18(19)27)24(34)28-2/h3-6,11-13,17H,7-10H2,1-2H3,(H,29,35)(H2,30,32,33,34);4-7,10-12,18H,8-9,13H2,1-3H3,(H,28,34)(H2,29,31,32,33);3-6,9-11,16H,7-8,12H2,1-2H3,(H,28,34)(H2,29,31,32,33)/t;18-;16-/m.00/s1. The number of anilines is 6. The van der Waals surface area contributed by atoms with E-state index in [2.05, 4.69) is 66.8 Å². The SMILES string of the molecule is CNC(=O)c1ccc(Nc2nc(OC3CCOCC3)c3c(-c4ccc5nc(C)oc5c4)c[nH]c3n2)c(Cl)c1.CNC(=O)c1ccc(Nc2nc(O[C@H]3CCOC3)c3c(-c4ccc5nc(C)oc5c4)c[nH]c3n2)c(C)c1.CNC(=O)c1ccc(Nc2nc(O[C@H]3CCOC3)c3c(-c4ccc5nc(C)oc5c4)c[nH]c3n2)c(Cl)c1. The van der Waals surface area contributed by atoms with Gasteiger partial charge >= 0.3 is 0 Å². The molecule has 32 heteroatoms. The van der Waals surface area contributed by atoms with Crippen molar-refractivity contribution in [3.05, 3.63) is 178 Å². The molecule has 3 aliphatic heterocycles. The Morgan fingerprint density at radius 2 is 0.741 bits per heavy atom. The highest BCUT2D eigenvalue weighted by Gasteiger charge is 2.28. The van der Waals surface area contributed by atoms with Gasteiger partial charge in [0.25, 0.3) is 17.7 Å². The molecule has 9 N–H and O–H groups in total. The maximum Gasteiger partial charge on any atom is 0.251 e. The normalized spacial score (nSPS) is 15.0. The Morgan fingerprint density at radius 1 is 0.402 bits per heavy atom. The van der Waals surface area contributed by atoms with E-state index in [1.165, 1.54) is 0 Å². The van der Waals surface area contributed by atoms with Crippen molar-refractivity contribution in [1.29, 1.82) is 0 Å². The summed E-state index contributed by atoms with van der Waals surface area (Å²) < 4.78 is 52.9. The Hall–Kier alpha value is -12.7. The first kappa shape index (κ1) is 73.4. The number of fused-ring (bicyclic) bond motifs is 6. The number of hydrogen-bond donors (Lipinski definition) is 9. The maximum atomic E-state index is 12.0. The van der Waals surface area contributed by atoms with Gasteiger partial charge in [0.1, 0.15) is 51.8 Å². The molecule has 15 aromatic rings. The third-order valence-corrected chi connectivity index (χ3v) is 19.7. The van der Waals surface area contributed by atoms with Gasteiger partial charge in [0.05, 0.1) is 77.2 Å². The van der Waals surface area contributed by atoms with Crippen molar-refractivity contribution in [2.45, 2.75) is 71.7 Å². The van der Waals surface area contributed by atoms with Crippen LogP contribution in [-0.2, 0) is 14.2 Å². The van der Waals surface area contributed by atoms with Gasteiger partial charge in [-0.1, -0.05) is 41.4 Å². The van der Waals surface area contributed by atoms with E-state index < -0.39 is 0 Å². The number of hydrogen-bond acceptors (Lipinski definition) is 24. The van der Waals surface area contributed by atoms with Gasteiger partial charge in [0.2, 0.25) is 35.5 Å². The Morgan fingerprint density at radius 3 is 1.09 bits per heavy atom. The van der Waals surface area contributed by atoms with E-state index in [4.69, 9.17) is 89.8 Å². The second-order valence-corrected chi connectivity index (χ2v) is 27.6. The second-order valence-electron chi connectivity index (χ2n) is 26.7. The van der Waals surface area contributed by atoms with E-state index in [9.17, 15) is 14.4 Å². The van der Waals surface area contributed by atoms with Crippen LogP contribution < -0.4 is 46.1 Å². The van der Waals surface area contributed by atoms with Crippen LogP contribution in [0.4, 0.5) is 34.9 Å². The molecule has 3 amide bonds. The Kier molecular flexibility index (Phi) is 20.8. The summed E-state index contributed by atoms with van der Waals surface area (Å²) in [5.41, 5.74) is 16.1. The van der Waals surface area contributed by atoms with Gasteiger partial charge in [0, 0.05) is 125 Å². The number of halogens is 2. The van der Waals surface area contributed by atoms with Crippen LogP contribution in [0.1, 0.15) is 80.0 Å². The lowest BCUT2D eigenvalue weighted by Crippen LogP contribution is -2.26. The molecular formula is C80H74Cl2N18O12. The number of aryl methyl sites for hydroxylation is 4. The number of nitrogens with zero attached hydrogens (tertiary/aromatic N) is 9. The Labute approximate surface area is 647 Å². The molecule has 0 saturated carbocycles. The van der Waals surface area contributed by atoms with Crippen LogP contribution in [0, 0.1) is 27.7 Å². The molecule has 2 atom stereocenters. The molecule has 0 unspecified atom stereocenters. The summed E-state index contributed by atoms with van der Waals surface area (Å²) >= 11 is 12.9. The molecule has 112 heavy (non-hydrogen) atoms. The number of H-pyrrole nitrogens is 3. The van der Waals surface area contributed by atoms with Gasteiger partial charge in [-0.05, 0) is 120 Å². The largest absolute Gasteiger partial charge is 0.474 e. The van der Waals surface area contributed by atoms with E-state index >= 15 is 0 Å². The molecule has 570 valence electrons. The van der Waals surface area contributed by atoms with Crippen LogP contribution in [-0.4, -0.2) is 157 Å².